The average molecular weight is 381 g/mol. The third-order valence-electron chi connectivity index (χ3n) is 4.40. The number of carbonyl (C=O) groups excluding carboxylic acids is 1. The Morgan fingerprint density at radius 1 is 0.962 bits per heavy atom. The van der Waals surface area contributed by atoms with Crippen molar-refractivity contribution in [2.75, 3.05) is 0 Å². The van der Waals surface area contributed by atoms with Gasteiger partial charge in [-0.15, -0.1) is 0 Å². The van der Waals surface area contributed by atoms with Crippen LogP contribution in [0.4, 0.5) is 0 Å². The summed E-state index contributed by atoms with van der Waals surface area (Å²) in [5.74, 6) is -0.0105. The molecule has 0 aliphatic carbocycles. The molecule has 2 nitrogen and oxygen atoms in total. The number of benzene rings is 3. The van der Waals surface area contributed by atoms with E-state index in [1.165, 1.54) is 17.3 Å². The summed E-state index contributed by atoms with van der Waals surface area (Å²) in [6.07, 6.45) is -0.267. The zero-order valence-electron chi connectivity index (χ0n) is 14.2. The highest BCUT2D eigenvalue weighted by Gasteiger charge is 2.64. The Labute approximate surface area is 162 Å². The van der Waals surface area contributed by atoms with Gasteiger partial charge in [-0.2, -0.15) is 0 Å². The quantitative estimate of drug-likeness (QED) is 0.396. The molecule has 2 atom stereocenters. The lowest BCUT2D eigenvalue weighted by atomic mass is 10.0. The van der Waals surface area contributed by atoms with Crippen LogP contribution in [0.15, 0.2) is 83.8 Å². The minimum absolute atomic E-state index is 0.0105. The normalized spacial score (nSPS) is 21.4. The van der Waals surface area contributed by atoms with Crippen LogP contribution in [0.5, 0.6) is 0 Å². The fourth-order valence-electron chi connectivity index (χ4n) is 2.93. The third-order valence-corrected chi connectivity index (χ3v) is 5.96. The molecular formula is C22H17ClO2S. The minimum Gasteiger partial charge on any atom is -0.341 e. The summed E-state index contributed by atoms with van der Waals surface area (Å²) < 4.78 is 6.06. The fraction of sp³-hybridized carbons (Fsp3) is 0.136. The number of halogens is 1. The molecule has 0 amide bonds. The third kappa shape index (κ3) is 3.30. The average Bonchev–Trinajstić information content (AvgIpc) is 3.39. The Morgan fingerprint density at radius 3 is 2.27 bits per heavy atom. The summed E-state index contributed by atoms with van der Waals surface area (Å²) in [6.45, 7) is 2.04. The molecule has 3 aromatic carbocycles. The van der Waals surface area contributed by atoms with Gasteiger partial charge >= 0.3 is 0 Å². The Kier molecular flexibility index (Phi) is 4.62. The van der Waals surface area contributed by atoms with E-state index >= 15 is 0 Å². The summed E-state index contributed by atoms with van der Waals surface area (Å²) in [5.41, 5.74) is 2.85. The Bertz CT molecular complexity index is 923. The lowest BCUT2D eigenvalue weighted by molar-refractivity contribution is 0.0935. The fourth-order valence-corrected chi connectivity index (χ4v) is 4.28. The Morgan fingerprint density at radius 2 is 1.62 bits per heavy atom. The number of rotatable bonds is 5. The van der Waals surface area contributed by atoms with Crippen LogP contribution in [0, 0.1) is 6.92 Å². The lowest BCUT2D eigenvalue weighted by Crippen LogP contribution is -2.21. The highest BCUT2D eigenvalue weighted by atomic mass is 35.5. The van der Waals surface area contributed by atoms with Gasteiger partial charge in [-0.05, 0) is 36.8 Å². The first kappa shape index (κ1) is 17.3. The first-order valence-corrected chi connectivity index (χ1v) is 9.57. The van der Waals surface area contributed by atoms with Crippen molar-refractivity contribution in [1.29, 1.82) is 0 Å². The molecule has 1 heterocycles. The van der Waals surface area contributed by atoms with Gasteiger partial charge in [0.05, 0.1) is 0 Å². The van der Waals surface area contributed by atoms with Crippen molar-refractivity contribution in [1.82, 2.24) is 0 Å². The smallest absolute Gasteiger partial charge is 0.212 e. The van der Waals surface area contributed by atoms with E-state index < -0.39 is 4.93 Å². The molecule has 130 valence electrons. The number of hydrogen-bond donors (Lipinski definition) is 0. The molecule has 1 aliphatic rings. The van der Waals surface area contributed by atoms with Crippen LogP contribution in [0.3, 0.4) is 0 Å². The summed E-state index contributed by atoms with van der Waals surface area (Å²) in [4.78, 5) is 13.3. The molecule has 0 N–H and O–H groups in total. The van der Waals surface area contributed by atoms with Crippen LogP contribution in [-0.4, -0.2) is 10.7 Å². The Balaban J connectivity index is 1.69. The van der Waals surface area contributed by atoms with Crippen molar-refractivity contribution in [3.63, 3.8) is 0 Å². The molecule has 3 aromatic rings. The van der Waals surface area contributed by atoms with Crippen molar-refractivity contribution in [3.8, 4) is 0 Å². The van der Waals surface area contributed by atoms with E-state index in [9.17, 15) is 4.79 Å². The number of carbonyl (C=O) groups is 1. The second-order valence-corrected chi connectivity index (χ2v) is 8.05. The molecule has 0 saturated carbocycles. The lowest BCUT2D eigenvalue weighted by Gasteiger charge is -2.12. The van der Waals surface area contributed by atoms with E-state index in [0.29, 0.717) is 10.6 Å². The number of thioether (sulfide) groups is 1. The van der Waals surface area contributed by atoms with Crippen LogP contribution in [0.2, 0.25) is 5.02 Å². The second-order valence-electron chi connectivity index (χ2n) is 6.33. The molecule has 0 radical (unpaired) electrons. The molecule has 1 aliphatic heterocycles. The summed E-state index contributed by atoms with van der Waals surface area (Å²) in [7, 11) is 0. The minimum atomic E-state index is -0.940. The van der Waals surface area contributed by atoms with E-state index in [1.54, 1.807) is 0 Å². The van der Waals surface area contributed by atoms with Crippen LogP contribution in [0.1, 0.15) is 27.6 Å². The molecule has 2 unspecified atom stereocenters. The molecule has 0 spiro atoms. The van der Waals surface area contributed by atoms with E-state index in [2.05, 4.69) is 0 Å². The first-order valence-electron chi connectivity index (χ1n) is 8.37. The van der Waals surface area contributed by atoms with E-state index in [1.807, 2.05) is 85.8 Å². The SMILES string of the molecule is Cc1ccc(C2OC2(Sc2ccc(Cl)cc2)C(=O)c2ccccc2)cc1. The maximum absolute atomic E-state index is 13.3. The number of epoxide rings is 1. The van der Waals surface area contributed by atoms with Gasteiger partial charge in [0.15, 0.2) is 0 Å². The largest absolute Gasteiger partial charge is 0.341 e. The van der Waals surface area contributed by atoms with Gasteiger partial charge in [-0.1, -0.05) is 83.5 Å². The standard InChI is InChI=1S/C22H17ClO2S/c1-15-7-9-17(10-8-15)21-22(25-21,20(24)16-5-3-2-4-6-16)26-19-13-11-18(23)12-14-19/h2-14,21H,1H3. The predicted octanol–water partition coefficient (Wildman–Crippen LogP) is 6.09. The summed E-state index contributed by atoms with van der Waals surface area (Å²) >= 11 is 7.43. The van der Waals surface area contributed by atoms with Gasteiger partial charge in [0, 0.05) is 15.5 Å². The van der Waals surface area contributed by atoms with Crippen LogP contribution in [-0.2, 0) is 4.74 Å². The van der Waals surface area contributed by atoms with Gasteiger partial charge in [0.25, 0.3) is 0 Å². The number of Topliss-reactive ketones (excluding diaryl/α,β-unsaturated/α-hetero) is 1. The van der Waals surface area contributed by atoms with Gasteiger partial charge in [0.2, 0.25) is 10.7 Å². The molecule has 4 rings (SSSR count). The van der Waals surface area contributed by atoms with Crippen molar-refractivity contribution in [3.05, 3.63) is 101 Å². The van der Waals surface area contributed by atoms with Gasteiger partial charge < -0.3 is 4.74 Å². The van der Waals surface area contributed by atoms with Crippen LogP contribution in [0.25, 0.3) is 0 Å². The molecule has 0 aromatic heterocycles. The van der Waals surface area contributed by atoms with Gasteiger partial charge in [0.1, 0.15) is 6.10 Å². The monoisotopic (exact) mass is 380 g/mol. The molecule has 4 heteroatoms. The molecule has 26 heavy (non-hydrogen) atoms. The first-order chi connectivity index (χ1) is 12.6. The van der Waals surface area contributed by atoms with E-state index in [4.69, 9.17) is 16.3 Å². The van der Waals surface area contributed by atoms with E-state index in [-0.39, 0.29) is 11.9 Å². The molecule has 1 saturated heterocycles. The zero-order chi connectivity index (χ0) is 18.1. The predicted molar refractivity (Wildman–Crippen MR) is 106 cm³/mol. The highest BCUT2D eigenvalue weighted by molar-refractivity contribution is 8.01. The number of ketones is 1. The van der Waals surface area contributed by atoms with Crippen molar-refractivity contribution >= 4 is 29.1 Å². The number of ether oxygens (including phenoxy) is 1. The van der Waals surface area contributed by atoms with Crippen LogP contribution >= 0.6 is 23.4 Å². The second kappa shape index (κ2) is 6.92. The van der Waals surface area contributed by atoms with Gasteiger partial charge in [-0.3, -0.25) is 4.79 Å². The van der Waals surface area contributed by atoms with Crippen molar-refractivity contribution < 1.29 is 9.53 Å². The highest BCUT2D eigenvalue weighted by Crippen LogP contribution is 2.60. The maximum atomic E-state index is 13.3. The van der Waals surface area contributed by atoms with Crippen molar-refractivity contribution in [2.45, 2.75) is 22.9 Å². The molecule has 0 bridgehead atoms. The molecule has 1 fully saturated rings. The van der Waals surface area contributed by atoms with Crippen LogP contribution < -0.4 is 0 Å². The summed E-state index contributed by atoms with van der Waals surface area (Å²) in [5, 5.41) is 0.671. The Hall–Kier alpha value is -2.07. The van der Waals surface area contributed by atoms with Crippen molar-refractivity contribution in [2.24, 2.45) is 0 Å². The van der Waals surface area contributed by atoms with Gasteiger partial charge in [-0.25, -0.2) is 0 Å². The maximum Gasteiger partial charge on any atom is 0.212 e. The topological polar surface area (TPSA) is 29.6 Å². The van der Waals surface area contributed by atoms with E-state index in [0.717, 1.165) is 10.5 Å². The molecular weight excluding hydrogens is 364 g/mol. The number of aryl methyl sites for hydroxylation is 1. The zero-order valence-corrected chi connectivity index (χ0v) is 15.8. The summed E-state index contributed by atoms with van der Waals surface area (Å²) in [6, 6.07) is 25.0. The number of hydrogen-bond acceptors (Lipinski definition) is 3.